The number of rotatable bonds is 1. The fraction of sp³-hybridized carbons (Fsp3) is 0.969. The number of epoxide rings is 1. The van der Waals surface area contributed by atoms with Crippen LogP contribution in [0.5, 0.6) is 0 Å². The van der Waals surface area contributed by atoms with Gasteiger partial charge in [-0.25, -0.2) is 0 Å². The highest BCUT2D eigenvalue weighted by molar-refractivity contribution is 5.66. The normalized spacial score (nSPS) is 56.5. The molecule has 0 aromatic carbocycles. The molecule has 5 aliphatic carbocycles. The summed E-state index contributed by atoms with van der Waals surface area (Å²) in [5.41, 5.74) is 0.893. The number of carbonyl (C=O) groups is 1. The first-order chi connectivity index (χ1) is 16.6. The molecular weight excluding hydrogens is 448 g/mol. The van der Waals surface area contributed by atoms with E-state index in [4.69, 9.17) is 9.47 Å². The summed E-state index contributed by atoms with van der Waals surface area (Å²) in [5.74, 6) is 2.29. The predicted molar refractivity (Wildman–Crippen MR) is 141 cm³/mol. The Morgan fingerprint density at radius 2 is 1.42 bits per heavy atom. The summed E-state index contributed by atoms with van der Waals surface area (Å²) in [6, 6.07) is 0. The number of hydrogen-bond acceptors (Lipinski definition) is 4. The van der Waals surface area contributed by atoms with Gasteiger partial charge in [-0.15, -0.1) is 0 Å². The Kier molecular flexibility index (Phi) is 5.36. The van der Waals surface area contributed by atoms with Crippen LogP contribution >= 0.6 is 0 Å². The van der Waals surface area contributed by atoms with Crippen LogP contribution in [0.25, 0.3) is 0 Å². The molecule has 0 amide bonds. The Hall–Kier alpha value is -0.610. The van der Waals surface area contributed by atoms with Gasteiger partial charge in [0.05, 0.1) is 17.8 Å². The molecule has 1 N–H and O–H groups in total. The van der Waals surface area contributed by atoms with E-state index in [2.05, 4.69) is 48.5 Å². The van der Waals surface area contributed by atoms with Crippen LogP contribution in [-0.4, -0.2) is 35.0 Å². The quantitative estimate of drug-likeness (QED) is 0.313. The van der Waals surface area contributed by atoms with Crippen LogP contribution in [0.1, 0.15) is 120 Å². The second kappa shape index (κ2) is 7.52. The molecule has 0 unspecified atom stereocenters. The second-order valence-corrected chi connectivity index (χ2v) is 16.3. The van der Waals surface area contributed by atoms with Crippen molar-refractivity contribution >= 4 is 5.97 Å². The number of aliphatic hydroxyl groups excluding tert-OH is 1. The molecule has 204 valence electrons. The van der Waals surface area contributed by atoms with E-state index in [1.807, 2.05) is 0 Å². The van der Waals surface area contributed by atoms with Crippen LogP contribution in [0.3, 0.4) is 0 Å². The van der Waals surface area contributed by atoms with Crippen LogP contribution in [0, 0.1) is 50.7 Å². The Morgan fingerprint density at radius 3 is 2.11 bits per heavy atom. The molecule has 1 spiro atoms. The largest absolute Gasteiger partial charge is 0.462 e. The van der Waals surface area contributed by atoms with Gasteiger partial charge in [-0.2, -0.15) is 0 Å². The van der Waals surface area contributed by atoms with Gasteiger partial charge in [-0.3, -0.25) is 4.79 Å². The Labute approximate surface area is 219 Å². The third kappa shape index (κ3) is 3.15. The summed E-state index contributed by atoms with van der Waals surface area (Å²) in [7, 11) is 0. The van der Waals surface area contributed by atoms with E-state index >= 15 is 0 Å². The van der Waals surface area contributed by atoms with Crippen molar-refractivity contribution in [3.63, 3.8) is 0 Å². The monoisotopic (exact) mass is 500 g/mol. The van der Waals surface area contributed by atoms with Crippen LogP contribution in [0.2, 0.25) is 0 Å². The summed E-state index contributed by atoms with van der Waals surface area (Å²) >= 11 is 0. The molecule has 0 aromatic heterocycles. The molecule has 6 aliphatic rings. The summed E-state index contributed by atoms with van der Waals surface area (Å²) in [4.78, 5) is 11.9. The maximum Gasteiger partial charge on any atom is 0.302 e. The molecule has 1 heterocycles. The van der Waals surface area contributed by atoms with E-state index in [-0.39, 0.29) is 45.4 Å². The number of carbonyl (C=O) groups excluding carboxylic acids is 1. The van der Waals surface area contributed by atoms with E-state index < -0.39 is 0 Å². The average molecular weight is 501 g/mol. The maximum atomic E-state index is 11.9. The van der Waals surface area contributed by atoms with Crippen molar-refractivity contribution in [2.24, 2.45) is 50.7 Å². The predicted octanol–water partition coefficient (Wildman–Crippen LogP) is 6.92. The highest BCUT2D eigenvalue weighted by atomic mass is 16.6. The average Bonchev–Trinajstić information content (AvgIpc) is 3.48. The number of aliphatic hydroxyl groups is 1. The molecule has 0 aromatic rings. The van der Waals surface area contributed by atoms with Crippen LogP contribution < -0.4 is 0 Å². The molecular formula is C32H52O4. The fourth-order valence-electron chi connectivity index (χ4n) is 12.4. The first-order valence-electron chi connectivity index (χ1n) is 15.1. The van der Waals surface area contributed by atoms with E-state index in [1.165, 1.54) is 38.5 Å². The number of esters is 1. The first kappa shape index (κ1) is 25.7. The van der Waals surface area contributed by atoms with E-state index in [0.717, 1.165) is 25.7 Å². The lowest BCUT2D eigenvalue weighted by atomic mass is 9.41. The smallest absolute Gasteiger partial charge is 0.302 e. The van der Waals surface area contributed by atoms with Gasteiger partial charge >= 0.3 is 5.97 Å². The van der Waals surface area contributed by atoms with Crippen molar-refractivity contribution in [1.82, 2.24) is 0 Å². The Morgan fingerprint density at radius 1 is 0.778 bits per heavy atom. The summed E-state index contributed by atoms with van der Waals surface area (Å²) in [6.07, 6.45) is 11.9. The zero-order valence-corrected chi connectivity index (χ0v) is 24.3. The molecule has 5 saturated carbocycles. The molecule has 4 heteroatoms. The minimum atomic E-state index is -0.193. The lowest BCUT2D eigenvalue weighted by Crippen LogP contribution is -2.60. The zero-order chi connectivity index (χ0) is 26.1. The van der Waals surface area contributed by atoms with Gasteiger partial charge in [-0.05, 0) is 110 Å². The summed E-state index contributed by atoms with van der Waals surface area (Å²) < 4.78 is 12.8. The fourth-order valence-corrected chi connectivity index (χ4v) is 12.4. The lowest BCUT2D eigenvalue weighted by Gasteiger charge is -2.64. The standard InChI is InChI=1S/C32H52O4/c1-19(33)35-25-13-16-30(7)20(28(25,4)5)11-14-29(6)18-32-22(10-9-21(29)30)31(8)15-12-24(34)27(2,3)23(31)17-26(32)36-32/h20-26,34H,9-18H2,1-8H3/t20-,21+,22+,23+,24+,25+,26-,29+,30+,31-,32+/m1/s1. The molecule has 1 aliphatic heterocycles. The van der Waals surface area contributed by atoms with Gasteiger partial charge in [0.15, 0.2) is 0 Å². The number of fused-ring (bicyclic) bond motifs is 5. The van der Waals surface area contributed by atoms with Crippen molar-refractivity contribution < 1.29 is 19.4 Å². The van der Waals surface area contributed by atoms with Gasteiger partial charge in [0.1, 0.15) is 6.10 Å². The molecule has 0 bridgehead atoms. The lowest BCUT2D eigenvalue weighted by molar-refractivity contribution is -0.193. The Bertz CT molecular complexity index is 940. The molecule has 6 fully saturated rings. The minimum absolute atomic E-state index is 0.0105. The summed E-state index contributed by atoms with van der Waals surface area (Å²) in [5, 5.41) is 11.0. The molecule has 1 saturated heterocycles. The van der Waals surface area contributed by atoms with E-state index in [1.54, 1.807) is 6.92 Å². The van der Waals surface area contributed by atoms with Crippen LogP contribution in [0.15, 0.2) is 0 Å². The van der Waals surface area contributed by atoms with Gasteiger partial charge in [-0.1, -0.05) is 48.5 Å². The van der Waals surface area contributed by atoms with Gasteiger partial charge in [0.2, 0.25) is 0 Å². The summed E-state index contributed by atoms with van der Waals surface area (Å²) in [6.45, 7) is 18.8. The van der Waals surface area contributed by atoms with Crippen molar-refractivity contribution in [3.05, 3.63) is 0 Å². The minimum Gasteiger partial charge on any atom is -0.462 e. The van der Waals surface area contributed by atoms with Crippen LogP contribution in [-0.2, 0) is 14.3 Å². The molecule has 6 rings (SSSR count). The number of hydrogen-bond donors (Lipinski definition) is 1. The van der Waals surface area contributed by atoms with Crippen molar-refractivity contribution in [3.8, 4) is 0 Å². The van der Waals surface area contributed by atoms with Gasteiger partial charge in [0.25, 0.3) is 0 Å². The van der Waals surface area contributed by atoms with E-state index in [9.17, 15) is 9.90 Å². The molecule has 0 radical (unpaired) electrons. The van der Waals surface area contributed by atoms with Crippen molar-refractivity contribution in [2.45, 2.75) is 144 Å². The molecule has 36 heavy (non-hydrogen) atoms. The SMILES string of the molecule is CC(=O)O[C@H]1CC[C@@]2(C)[C@H](CC[C@@]3(C)C[C@@]45O[C@@H]4C[C@H]4C(C)(C)[C@@H](O)CC[C@]4(C)[C@@H]5CC[C@@H]32)C1(C)C. The van der Waals surface area contributed by atoms with Crippen molar-refractivity contribution in [2.75, 3.05) is 0 Å². The second-order valence-electron chi connectivity index (χ2n) is 16.3. The third-order valence-corrected chi connectivity index (χ3v) is 14.0. The topological polar surface area (TPSA) is 59.1 Å². The first-order valence-corrected chi connectivity index (χ1v) is 15.1. The third-order valence-electron chi connectivity index (χ3n) is 14.0. The highest BCUT2D eigenvalue weighted by Crippen LogP contribution is 2.76. The highest BCUT2D eigenvalue weighted by Gasteiger charge is 2.76. The van der Waals surface area contributed by atoms with E-state index in [0.29, 0.717) is 35.2 Å². The Balaban J connectivity index is 1.34. The maximum absolute atomic E-state index is 11.9. The van der Waals surface area contributed by atoms with Crippen LogP contribution in [0.4, 0.5) is 0 Å². The molecule has 4 nitrogen and oxygen atoms in total. The van der Waals surface area contributed by atoms with Gasteiger partial charge < -0.3 is 14.6 Å². The molecule has 11 atom stereocenters. The van der Waals surface area contributed by atoms with Crippen molar-refractivity contribution in [1.29, 1.82) is 0 Å². The number of ether oxygens (including phenoxy) is 2. The zero-order valence-electron chi connectivity index (χ0n) is 24.3. The van der Waals surface area contributed by atoms with Gasteiger partial charge in [0, 0.05) is 12.3 Å².